The average molecular weight is 685 g/mol. The van der Waals surface area contributed by atoms with Gasteiger partial charge in [-0.3, -0.25) is 9.88 Å². The SMILES string of the molecule is CN(C)CCNc1cc(F)cc(C2=CC=C3NC3C3=C2N(C)C(C2=CCNc4ccc(-c5cncc(CN6CCC(F)(F)C6)c5)c(F)c42)N3)c1. The molecule has 4 aliphatic heterocycles. The number of hydrogen-bond donors (Lipinski definition) is 4. The fourth-order valence-corrected chi connectivity index (χ4v) is 7.50. The van der Waals surface area contributed by atoms with Crippen LogP contribution in [0.4, 0.5) is 28.9 Å². The van der Waals surface area contributed by atoms with E-state index in [0.717, 1.165) is 45.9 Å². The molecular formula is C38H40F4N8. The maximum absolute atomic E-state index is 16.8. The first-order valence-electron chi connectivity index (χ1n) is 17.0. The quantitative estimate of drug-likeness (QED) is 0.170. The van der Waals surface area contributed by atoms with E-state index in [1.165, 1.54) is 6.07 Å². The molecule has 3 aromatic rings. The molecule has 12 heteroatoms. The third kappa shape index (κ3) is 6.11. The van der Waals surface area contributed by atoms with Crippen molar-refractivity contribution in [3.8, 4) is 11.1 Å². The number of rotatable bonds is 9. The van der Waals surface area contributed by atoms with E-state index in [4.69, 9.17) is 0 Å². The Morgan fingerprint density at radius 3 is 2.70 bits per heavy atom. The minimum atomic E-state index is -2.69. The van der Waals surface area contributed by atoms with Crippen LogP contribution in [0.3, 0.4) is 0 Å². The third-order valence-corrected chi connectivity index (χ3v) is 10.00. The summed E-state index contributed by atoms with van der Waals surface area (Å²) in [6, 6.07) is 10.5. The number of fused-ring (bicyclic) bond motifs is 3. The lowest BCUT2D eigenvalue weighted by Gasteiger charge is -2.32. The van der Waals surface area contributed by atoms with Crippen LogP contribution in [0.15, 0.2) is 84.1 Å². The third-order valence-electron chi connectivity index (χ3n) is 10.00. The highest BCUT2D eigenvalue weighted by atomic mass is 19.3. The first-order valence-corrected chi connectivity index (χ1v) is 17.0. The lowest BCUT2D eigenvalue weighted by molar-refractivity contribution is 0.0115. The van der Waals surface area contributed by atoms with Crippen molar-refractivity contribution in [1.29, 1.82) is 0 Å². The van der Waals surface area contributed by atoms with Gasteiger partial charge in [0.25, 0.3) is 5.92 Å². The molecule has 0 spiro atoms. The predicted molar refractivity (Wildman–Crippen MR) is 189 cm³/mol. The molecule has 2 fully saturated rings. The number of alkyl halides is 2. The fraction of sp³-hybridized carbons (Fsp3) is 0.342. The molecule has 2 unspecified atom stereocenters. The van der Waals surface area contributed by atoms with E-state index in [2.05, 4.69) is 36.1 Å². The molecule has 0 amide bonds. The number of halogens is 4. The number of anilines is 2. The van der Waals surface area contributed by atoms with Gasteiger partial charge in [0, 0.05) is 103 Å². The number of benzene rings is 2. The highest BCUT2D eigenvalue weighted by Gasteiger charge is 2.45. The Bertz CT molecular complexity index is 1980. The van der Waals surface area contributed by atoms with Gasteiger partial charge >= 0.3 is 0 Å². The number of hydrogen-bond acceptors (Lipinski definition) is 8. The maximum atomic E-state index is 16.8. The second-order valence-electron chi connectivity index (χ2n) is 13.9. The number of pyridine rings is 1. The molecular weight excluding hydrogens is 644 g/mol. The summed E-state index contributed by atoms with van der Waals surface area (Å²) in [5.41, 5.74) is 8.92. The van der Waals surface area contributed by atoms with E-state index in [9.17, 15) is 8.78 Å². The molecule has 0 saturated carbocycles. The van der Waals surface area contributed by atoms with Crippen LogP contribution in [0.1, 0.15) is 23.1 Å². The van der Waals surface area contributed by atoms with Crippen molar-refractivity contribution in [3.05, 3.63) is 112 Å². The summed E-state index contributed by atoms with van der Waals surface area (Å²) in [5.74, 6) is -3.40. The minimum Gasteiger partial charge on any atom is -0.384 e. The van der Waals surface area contributed by atoms with Crippen molar-refractivity contribution in [1.82, 2.24) is 30.3 Å². The molecule has 2 aromatic carbocycles. The van der Waals surface area contributed by atoms with Gasteiger partial charge in [-0.2, -0.15) is 0 Å². The number of likely N-dealkylation sites (tertiary alicyclic amines) is 1. The van der Waals surface area contributed by atoms with Gasteiger partial charge in [0.1, 0.15) is 23.8 Å². The molecule has 4 N–H and O–H groups in total. The van der Waals surface area contributed by atoms with Gasteiger partial charge in [0.15, 0.2) is 0 Å². The van der Waals surface area contributed by atoms with Gasteiger partial charge < -0.3 is 31.1 Å². The lowest BCUT2D eigenvalue weighted by atomic mass is 9.92. The van der Waals surface area contributed by atoms with Crippen LogP contribution >= 0.6 is 0 Å². The molecule has 2 saturated heterocycles. The van der Waals surface area contributed by atoms with Crippen molar-refractivity contribution >= 4 is 22.5 Å². The number of allylic oxidation sites excluding steroid dienone is 3. The summed E-state index contributed by atoms with van der Waals surface area (Å²) in [6.45, 7) is 2.35. The van der Waals surface area contributed by atoms with Gasteiger partial charge in [0.05, 0.1) is 17.9 Å². The molecule has 5 aliphatic rings. The largest absolute Gasteiger partial charge is 0.384 e. The van der Waals surface area contributed by atoms with Crippen LogP contribution in [-0.2, 0) is 6.54 Å². The fourth-order valence-electron chi connectivity index (χ4n) is 7.50. The van der Waals surface area contributed by atoms with Gasteiger partial charge in [-0.15, -0.1) is 0 Å². The van der Waals surface area contributed by atoms with Crippen molar-refractivity contribution in [2.45, 2.75) is 31.1 Å². The van der Waals surface area contributed by atoms with Crippen LogP contribution < -0.4 is 21.3 Å². The van der Waals surface area contributed by atoms with E-state index in [0.29, 0.717) is 54.2 Å². The van der Waals surface area contributed by atoms with E-state index in [1.54, 1.807) is 29.4 Å². The molecule has 8 rings (SSSR count). The minimum absolute atomic E-state index is 0.0141. The summed E-state index contributed by atoms with van der Waals surface area (Å²) >= 11 is 0. The van der Waals surface area contributed by atoms with Crippen molar-refractivity contribution in [2.24, 2.45) is 0 Å². The summed E-state index contributed by atoms with van der Waals surface area (Å²) in [7, 11) is 5.98. The Balaban J connectivity index is 1.10. The highest BCUT2D eigenvalue weighted by molar-refractivity contribution is 5.89. The van der Waals surface area contributed by atoms with Crippen molar-refractivity contribution in [3.63, 3.8) is 0 Å². The molecule has 0 radical (unpaired) electrons. The summed E-state index contributed by atoms with van der Waals surface area (Å²) in [4.78, 5) is 10.2. The van der Waals surface area contributed by atoms with E-state index in [1.807, 2.05) is 57.6 Å². The molecule has 260 valence electrons. The Morgan fingerprint density at radius 2 is 1.90 bits per heavy atom. The number of nitrogens with zero attached hydrogens (tertiary/aromatic N) is 4. The molecule has 5 heterocycles. The van der Waals surface area contributed by atoms with Crippen LogP contribution in [-0.4, -0.2) is 91.7 Å². The molecule has 1 aliphatic carbocycles. The zero-order chi connectivity index (χ0) is 34.7. The summed E-state index contributed by atoms with van der Waals surface area (Å²) in [5, 5.41) is 13.8. The first-order chi connectivity index (χ1) is 24.0. The number of nitrogens with one attached hydrogen (secondary N) is 4. The van der Waals surface area contributed by atoms with E-state index in [-0.39, 0.29) is 30.6 Å². The lowest BCUT2D eigenvalue weighted by Crippen LogP contribution is -2.38. The van der Waals surface area contributed by atoms with E-state index < -0.39 is 12.1 Å². The van der Waals surface area contributed by atoms with Crippen molar-refractivity contribution < 1.29 is 17.6 Å². The molecule has 1 aromatic heterocycles. The Hall–Kier alpha value is -4.81. The van der Waals surface area contributed by atoms with Crippen molar-refractivity contribution in [2.75, 3.05) is 64.5 Å². The van der Waals surface area contributed by atoms with E-state index >= 15 is 8.78 Å². The van der Waals surface area contributed by atoms with Crippen LogP contribution in [0.2, 0.25) is 0 Å². The summed E-state index contributed by atoms with van der Waals surface area (Å²) < 4.78 is 59.6. The number of likely N-dealkylation sites (N-methyl/N-ethyl adjacent to an activating group) is 2. The zero-order valence-corrected chi connectivity index (χ0v) is 28.3. The van der Waals surface area contributed by atoms with Crippen LogP contribution in [0, 0.1) is 11.6 Å². The van der Waals surface area contributed by atoms with Gasteiger partial charge in [0.2, 0.25) is 0 Å². The molecule has 8 nitrogen and oxygen atoms in total. The smallest absolute Gasteiger partial charge is 0.261 e. The van der Waals surface area contributed by atoms with Gasteiger partial charge in [-0.05, 0) is 67.7 Å². The van der Waals surface area contributed by atoms with Crippen LogP contribution in [0.25, 0.3) is 22.3 Å². The molecule has 0 bridgehead atoms. The molecule has 50 heavy (non-hydrogen) atoms. The Morgan fingerprint density at radius 1 is 1.04 bits per heavy atom. The highest BCUT2D eigenvalue weighted by Crippen LogP contribution is 2.45. The van der Waals surface area contributed by atoms with Crippen LogP contribution in [0.5, 0.6) is 0 Å². The average Bonchev–Trinajstić information content (AvgIpc) is 3.69. The number of aromatic nitrogens is 1. The Labute approximate surface area is 289 Å². The predicted octanol–water partition coefficient (Wildman–Crippen LogP) is 5.68. The van der Waals surface area contributed by atoms with Gasteiger partial charge in [-0.25, -0.2) is 17.6 Å². The van der Waals surface area contributed by atoms with Gasteiger partial charge in [-0.1, -0.05) is 12.2 Å². The second-order valence-corrected chi connectivity index (χ2v) is 13.9. The zero-order valence-electron chi connectivity index (χ0n) is 28.3. The maximum Gasteiger partial charge on any atom is 0.261 e. The summed E-state index contributed by atoms with van der Waals surface area (Å²) in [6.07, 6.45) is 8.78. The standard InChI is InChI=1S/C38H40F4N8/c1-48(2)13-11-44-26-16-23(15-25(39)17-26)28-5-7-31-34(46-31)35-36(28)49(3)37(47-35)29-8-10-45-30-6-4-27(33(40)32(29)30)24-14-22(18-43-19-24)20-50-12-9-38(41,42)21-50/h4-8,14-19,34,37,44-47H,9-13,20-21H2,1-3H3. The second kappa shape index (κ2) is 12.5. The molecule has 2 atom stereocenters. The normalized spacial score (nSPS) is 22.0. The monoisotopic (exact) mass is 684 g/mol. The first kappa shape index (κ1) is 32.4. The Kier molecular flexibility index (Phi) is 8.10. The topological polar surface area (TPSA) is 80.6 Å².